The van der Waals surface area contributed by atoms with Gasteiger partial charge in [-0.1, -0.05) is 12.1 Å². The maximum Gasteiger partial charge on any atom is 0.159 e. The van der Waals surface area contributed by atoms with E-state index >= 15 is 0 Å². The Hall–Kier alpha value is -2.14. The molecule has 0 amide bonds. The highest BCUT2D eigenvalue weighted by atomic mass is 32.2. The van der Waals surface area contributed by atoms with E-state index in [0.29, 0.717) is 22.0 Å². The van der Waals surface area contributed by atoms with Crippen molar-refractivity contribution in [3.05, 3.63) is 53.6 Å². The summed E-state index contributed by atoms with van der Waals surface area (Å²) in [7, 11) is 1.81. The van der Waals surface area contributed by atoms with Crippen molar-refractivity contribution in [2.75, 3.05) is 14.2 Å². The van der Waals surface area contributed by atoms with Crippen molar-refractivity contribution >= 4 is 16.6 Å². The zero-order valence-corrected chi connectivity index (χ0v) is 13.6. The van der Waals surface area contributed by atoms with Crippen molar-refractivity contribution in [2.45, 2.75) is 17.6 Å². The van der Waals surface area contributed by atoms with Gasteiger partial charge in [-0.25, -0.2) is 0 Å². The molecule has 2 aromatic rings. The van der Waals surface area contributed by atoms with Gasteiger partial charge in [0.1, 0.15) is 11.5 Å². The second-order valence-corrected chi connectivity index (χ2v) is 6.14. The van der Waals surface area contributed by atoms with Gasteiger partial charge in [-0.3, -0.25) is 9.00 Å². The number of ketones is 1. The minimum Gasteiger partial charge on any atom is -0.496 e. The number of rotatable bonds is 6. The molecule has 0 heterocycles. The molecule has 2 aromatic carbocycles. The van der Waals surface area contributed by atoms with Gasteiger partial charge in [0.15, 0.2) is 5.78 Å². The van der Waals surface area contributed by atoms with Crippen LogP contribution in [0.2, 0.25) is 0 Å². The van der Waals surface area contributed by atoms with Crippen LogP contribution in [-0.2, 0) is 16.6 Å². The number of hydrogen-bond acceptors (Lipinski definition) is 4. The van der Waals surface area contributed by atoms with Gasteiger partial charge in [0, 0.05) is 11.1 Å². The van der Waals surface area contributed by atoms with Crippen LogP contribution in [-0.4, -0.2) is 24.2 Å². The molecule has 0 spiro atoms. The van der Waals surface area contributed by atoms with Crippen LogP contribution >= 0.6 is 0 Å². The fourth-order valence-corrected chi connectivity index (χ4v) is 3.41. The lowest BCUT2D eigenvalue weighted by Gasteiger charge is -2.11. The molecule has 22 heavy (non-hydrogen) atoms. The van der Waals surface area contributed by atoms with E-state index in [1.807, 2.05) is 12.1 Å². The van der Waals surface area contributed by atoms with Gasteiger partial charge in [-0.05, 0) is 37.3 Å². The minimum absolute atomic E-state index is 0.0352. The fourth-order valence-electron chi connectivity index (χ4n) is 2.14. The van der Waals surface area contributed by atoms with E-state index in [9.17, 15) is 9.00 Å². The number of carbonyl (C=O) groups excluding carboxylic acids is 1. The highest BCUT2D eigenvalue weighted by Crippen LogP contribution is 2.27. The number of ether oxygens (including phenoxy) is 2. The molecule has 116 valence electrons. The zero-order valence-electron chi connectivity index (χ0n) is 12.8. The van der Waals surface area contributed by atoms with Crippen molar-refractivity contribution in [2.24, 2.45) is 0 Å². The van der Waals surface area contributed by atoms with E-state index in [4.69, 9.17) is 9.47 Å². The van der Waals surface area contributed by atoms with Crippen molar-refractivity contribution in [3.63, 3.8) is 0 Å². The summed E-state index contributed by atoms with van der Waals surface area (Å²) in [6.07, 6.45) is 0. The van der Waals surface area contributed by atoms with Crippen LogP contribution in [0.5, 0.6) is 11.5 Å². The Kier molecular flexibility index (Phi) is 5.33. The third-order valence-corrected chi connectivity index (χ3v) is 4.69. The highest BCUT2D eigenvalue weighted by molar-refractivity contribution is 7.84. The summed E-state index contributed by atoms with van der Waals surface area (Å²) in [6.45, 7) is 1.50. The first-order chi connectivity index (χ1) is 10.6. The van der Waals surface area contributed by atoms with Gasteiger partial charge in [0.25, 0.3) is 0 Å². The quantitative estimate of drug-likeness (QED) is 0.768. The summed E-state index contributed by atoms with van der Waals surface area (Å²) in [5.41, 5.74) is 1.31. The van der Waals surface area contributed by atoms with Crippen LogP contribution in [0.25, 0.3) is 0 Å². The summed E-state index contributed by atoms with van der Waals surface area (Å²) < 4.78 is 23.2. The third kappa shape index (κ3) is 3.54. The van der Waals surface area contributed by atoms with Gasteiger partial charge in [-0.15, -0.1) is 0 Å². The molecule has 0 aromatic heterocycles. The molecule has 0 fully saturated rings. The average molecular weight is 318 g/mol. The Balaban J connectivity index is 2.35. The number of carbonyl (C=O) groups is 1. The Morgan fingerprint density at radius 1 is 1.05 bits per heavy atom. The lowest BCUT2D eigenvalue weighted by atomic mass is 10.1. The molecule has 5 heteroatoms. The SMILES string of the molecule is COc1ccc(C(C)=O)cc1CS(=O)c1ccccc1OC. The molecule has 0 N–H and O–H groups in total. The first kappa shape index (κ1) is 16.2. The molecule has 1 unspecified atom stereocenters. The molecule has 2 rings (SSSR count). The van der Waals surface area contributed by atoms with Crippen LogP contribution in [0.1, 0.15) is 22.8 Å². The molecule has 0 radical (unpaired) electrons. The number of Topliss-reactive ketones (excluding diaryl/α,β-unsaturated/α-hetero) is 1. The Morgan fingerprint density at radius 2 is 1.73 bits per heavy atom. The number of hydrogen-bond donors (Lipinski definition) is 0. The number of para-hydroxylation sites is 1. The molecular weight excluding hydrogens is 300 g/mol. The lowest BCUT2D eigenvalue weighted by molar-refractivity contribution is 0.101. The molecule has 4 nitrogen and oxygen atoms in total. The average Bonchev–Trinajstić information content (AvgIpc) is 2.54. The van der Waals surface area contributed by atoms with E-state index in [0.717, 1.165) is 5.56 Å². The maximum atomic E-state index is 12.6. The van der Waals surface area contributed by atoms with E-state index in [1.54, 1.807) is 44.6 Å². The second-order valence-electron chi connectivity index (χ2n) is 4.72. The predicted molar refractivity (Wildman–Crippen MR) is 86.1 cm³/mol. The molecule has 0 saturated carbocycles. The van der Waals surface area contributed by atoms with E-state index in [-0.39, 0.29) is 11.5 Å². The minimum atomic E-state index is -1.30. The van der Waals surface area contributed by atoms with Gasteiger partial charge < -0.3 is 9.47 Å². The smallest absolute Gasteiger partial charge is 0.159 e. The maximum absolute atomic E-state index is 12.6. The Bertz CT molecular complexity index is 710. The van der Waals surface area contributed by atoms with E-state index in [2.05, 4.69) is 0 Å². The van der Waals surface area contributed by atoms with Gasteiger partial charge >= 0.3 is 0 Å². The van der Waals surface area contributed by atoms with Crippen LogP contribution in [0.4, 0.5) is 0 Å². The Morgan fingerprint density at radius 3 is 2.36 bits per heavy atom. The van der Waals surface area contributed by atoms with E-state index < -0.39 is 10.8 Å². The molecule has 0 aliphatic rings. The predicted octanol–water partition coefficient (Wildman–Crippen LogP) is 3.21. The molecular formula is C17H18O4S. The van der Waals surface area contributed by atoms with Crippen molar-refractivity contribution in [1.29, 1.82) is 0 Å². The summed E-state index contributed by atoms with van der Waals surface area (Å²) >= 11 is 0. The number of methoxy groups -OCH3 is 2. The topological polar surface area (TPSA) is 52.6 Å². The highest BCUT2D eigenvalue weighted by Gasteiger charge is 2.14. The monoisotopic (exact) mass is 318 g/mol. The zero-order chi connectivity index (χ0) is 16.1. The molecule has 0 aliphatic carbocycles. The molecule has 0 saturated heterocycles. The summed E-state index contributed by atoms with van der Waals surface area (Å²) in [5.74, 6) is 1.42. The summed E-state index contributed by atoms with van der Waals surface area (Å²) in [4.78, 5) is 12.1. The number of benzene rings is 2. The summed E-state index contributed by atoms with van der Waals surface area (Å²) in [5, 5.41) is 0. The van der Waals surface area contributed by atoms with Crippen LogP contribution in [0.15, 0.2) is 47.4 Å². The second kappa shape index (κ2) is 7.22. The van der Waals surface area contributed by atoms with E-state index in [1.165, 1.54) is 6.92 Å². The van der Waals surface area contributed by atoms with Gasteiger partial charge in [-0.2, -0.15) is 0 Å². The van der Waals surface area contributed by atoms with Crippen molar-refractivity contribution < 1.29 is 18.5 Å². The van der Waals surface area contributed by atoms with Crippen LogP contribution in [0, 0.1) is 0 Å². The first-order valence-electron chi connectivity index (χ1n) is 6.76. The van der Waals surface area contributed by atoms with Crippen molar-refractivity contribution in [3.8, 4) is 11.5 Å². The fraction of sp³-hybridized carbons (Fsp3) is 0.235. The summed E-state index contributed by atoms with van der Waals surface area (Å²) in [6, 6.07) is 12.4. The normalized spacial score (nSPS) is 11.8. The van der Waals surface area contributed by atoms with Gasteiger partial charge in [0.05, 0.1) is 35.7 Å². The standard InChI is InChI=1S/C17H18O4S/c1-12(18)13-8-9-15(20-2)14(10-13)11-22(19)17-7-5-4-6-16(17)21-3/h4-10H,11H2,1-3H3. The van der Waals surface area contributed by atoms with Gasteiger partial charge in [0.2, 0.25) is 0 Å². The van der Waals surface area contributed by atoms with Crippen LogP contribution < -0.4 is 9.47 Å². The first-order valence-corrected chi connectivity index (χ1v) is 8.08. The molecule has 0 aliphatic heterocycles. The van der Waals surface area contributed by atoms with Crippen LogP contribution in [0.3, 0.4) is 0 Å². The Labute approximate surface area is 132 Å². The lowest BCUT2D eigenvalue weighted by Crippen LogP contribution is -2.03. The van der Waals surface area contributed by atoms with Crippen molar-refractivity contribution in [1.82, 2.24) is 0 Å². The molecule has 1 atom stereocenters. The molecule has 0 bridgehead atoms. The third-order valence-electron chi connectivity index (χ3n) is 3.29. The largest absolute Gasteiger partial charge is 0.496 e.